The largest absolute Gasteiger partial charge is 0.309 e. The van der Waals surface area contributed by atoms with Crippen LogP contribution in [0.4, 0.5) is 34.1 Å². The Labute approximate surface area is 504 Å². The molecule has 14 aromatic carbocycles. The first-order chi connectivity index (χ1) is 42.2. The van der Waals surface area contributed by atoms with E-state index in [0.29, 0.717) is 0 Å². The molecule has 0 radical (unpaired) electrons. The van der Waals surface area contributed by atoms with Crippen molar-refractivity contribution in [2.45, 2.75) is 52.4 Å². The van der Waals surface area contributed by atoms with Gasteiger partial charge in [-0.15, -0.1) is 0 Å². The Hall–Kier alpha value is -10.3. The van der Waals surface area contributed by atoms with Crippen LogP contribution in [0.3, 0.4) is 0 Å². The van der Waals surface area contributed by atoms with Gasteiger partial charge in [-0.2, -0.15) is 0 Å². The third-order valence-electron chi connectivity index (χ3n) is 19.5. The summed E-state index contributed by atoms with van der Waals surface area (Å²) in [6.07, 6.45) is 0. The van der Waals surface area contributed by atoms with Crippen LogP contribution in [-0.4, -0.2) is 0 Å². The highest BCUT2D eigenvalue weighted by molar-refractivity contribution is 6.29. The van der Waals surface area contributed by atoms with Gasteiger partial charge in [0, 0.05) is 22.1 Å². The molecule has 0 saturated heterocycles. The number of aryl methyl sites for hydroxylation is 6. The summed E-state index contributed by atoms with van der Waals surface area (Å²) in [6, 6.07) is 105. The van der Waals surface area contributed by atoms with Crippen molar-refractivity contribution in [1.29, 1.82) is 0 Å². The van der Waals surface area contributed by atoms with Crippen LogP contribution in [-0.2, 0) is 10.8 Å². The second-order valence-electron chi connectivity index (χ2n) is 24.2. The van der Waals surface area contributed by atoms with Crippen molar-refractivity contribution in [3.05, 3.63) is 357 Å². The van der Waals surface area contributed by atoms with Crippen LogP contribution < -0.4 is 9.80 Å². The van der Waals surface area contributed by atoms with E-state index in [-0.39, 0.29) is 0 Å². The minimum absolute atomic E-state index is 0.499. The lowest BCUT2D eigenvalue weighted by atomic mass is 9.67. The predicted molar refractivity (Wildman–Crippen MR) is 363 cm³/mol. The molecule has 0 unspecified atom stereocenters. The summed E-state index contributed by atoms with van der Waals surface area (Å²) in [7, 11) is 0. The number of rotatable bonds is 10. The molecule has 0 bridgehead atoms. The highest BCUT2D eigenvalue weighted by Crippen LogP contribution is 2.59. The van der Waals surface area contributed by atoms with Gasteiger partial charge in [-0.05, 0) is 200 Å². The maximum atomic E-state index is 2.56. The smallest absolute Gasteiger partial charge is 0.0713 e. The van der Waals surface area contributed by atoms with Crippen LogP contribution >= 0.6 is 0 Å². The summed E-state index contributed by atoms with van der Waals surface area (Å²) in [5.41, 5.74) is 28.8. The second kappa shape index (κ2) is 19.7. The zero-order chi connectivity index (χ0) is 58.0. The van der Waals surface area contributed by atoms with Crippen molar-refractivity contribution in [1.82, 2.24) is 0 Å². The maximum Gasteiger partial charge on any atom is 0.0713 e. The first-order valence-corrected chi connectivity index (χ1v) is 30.3. The van der Waals surface area contributed by atoms with Gasteiger partial charge in [-0.3, -0.25) is 0 Å². The van der Waals surface area contributed by atoms with Gasteiger partial charge >= 0.3 is 0 Å². The zero-order valence-electron chi connectivity index (χ0n) is 49.5. The SMILES string of the molecule is Cc1cccc(C)c1N(c1ccc(C2(c3ccccc3)c3ccccc3-c3ccccc32)cc1)c1cc(C)c2ccc3c(N(c4ccc(C5(c6ccccc6)c6ccccc6-c6ccccc65)cc4)c4c(C)cccc4C)cc(C)c4ccc1c2c43. The predicted octanol–water partition coefficient (Wildman–Crippen LogP) is 22.1. The highest BCUT2D eigenvalue weighted by Gasteiger charge is 2.47. The Balaban J connectivity index is 0.900. The van der Waals surface area contributed by atoms with Gasteiger partial charge in [-0.25, -0.2) is 0 Å². The minimum Gasteiger partial charge on any atom is -0.309 e. The fraction of sp³-hybridized carbons (Fsp3) is 0.0952. The average Bonchev–Trinajstić information content (AvgIpc) is 1.51. The Morgan fingerprint density at radius 3 is 0.837 bits per heavy atom. The number of para-hydroxylation sites is 2. The number of benzene rings is 14. The van der Waals surface area contributed by atoms with Gasteiger partial charge in [0.05, 0.1) is 33.6 Å². The highest BCUT2D eigenvalue weighted by atomic mass is 15.2. The molecule has 0 aliphatic heterocycles. The Kier molecular flexibility index (Phi) is 11.7. The number of hydrogen-bond donors (Lipinski definition) is 0. The van der Waals surface area contributed by atoms with Crippen LogP contribution in [0, 0.1) is 41.5 Å². The summed E-state index contributed by atoms with van der Waals surface area (Å²) < 4.78 is 0. The normalized spacial score (nSPS) is 13.4. The summed E-state index contributed by atoms with van der Waals surface area (Å²) >= 11 is 0. The fourth-order valence-electron chi connectivity index (χ4n) is 15.9. The fourth-order valence-corrected chi connectivity index (χ4v) is 15.9. The maximum absolute atomic E-state index is 2.56. The van der Waals surface area contributed by atoms with Crippen LogP contribution in [0.2, 0.25) is 0 Å². The second-order valence-corrected chi connectivity index (χ2v) is 24.2. The monoisotopic (exact) mass is 1100 g/mol. The third kappa shape index (κ3) is 7.26. The van der Waals surface area contributed by atoms with E-state index in [2.05, 4.69) is 330 Å². The van der Waals surface area contributed by atoms with Gasteiger partial charge in [0.2, 0.25) is 0 Å². The van der Waals surface area contributed by atoms with Crippen molar-refractivity contribution >= 4 is 66.4 Å². The van der Waals surface area contributed by atoms with E-state index in [1.165, 1.54) is 144 Å². The van der Waals surface area contributed by atoms with E-state index in [1.54, 1.807) is 0 Å². The molecule has 0 atom stereocenters. The lowest BCUT2D eigenvalue weighted by Gasteiger charge is -2.35. The molecule has 16 rings (SSSR count). The van der Waals surface area contributed by atoms with Crippen LogP contribution in [0.1, 0.15) is 77.9 Å². The third-order valence-corrected chi connectivity index (χ3v) is 19.5. The molecule has 0 aromatic heterocycles. The molecule has 2 aliphatic rings. The van der Waals surface area contributed by atoms with E-state index in [9.17, 15) is 0 Å². The molecule has 0 saturated carbocycles. The molecule has 14 aromatic rings. The van der Waals surface area contributed by atoms with E-state index in [1.807, 2.05) is 0 Å². The van der Waals surface area contributed by atoms with Gasteiger partial charge < -0.3 is 9.80 Å². The quantitative estimate of drug-likeness (QED) is 0.126. The molecule has 86 heavy (non-hydrogen) atoms. The average molecular weight is 1100 g/mol. The van der Waals surface area contributed by atoms with Crippen molar-refractivity contribution in [2.75, 3.05) is 9.80 Å². The lowest BCUT2D eigenvalue weighted by Crippen LogP contribution is -2.28. The summed E-state index contributed by atoms with van der Waals surface area (Å²) in [6.45, 7) is 13.7. The molecule has 2 nitrogen and oxygen atoms in total. The molecule has 0 fully saturated rings. The number of nitrogens with zero attached hydrogens (tertiary/aromatic N) is 2. The van der Waals surface area contributed by atoms with E-state index >= 15 is 0 Å². The zero-order valence-corrected chi connectivity index (χ0v) is 49.5. The number of hydrogen-bond acceptors (Lipinski definition) is 2. The lowest BCUT2D eigenvalue weighted by molar-refractivity contribution is 0.768. The number of fused-ring (bicyclic) bond motifs is 6. The van der Waals surface area contributed by atoms with Gasteiger partial charge in [-0.1, -0.05) is 243 Å². The Morgan fingerprint density at radius 2 is 0.512 bits per heavy atom. The standard InChI is InChI=1S/C84H64N2/c1-53-23-21-24-54(2)81(53)85(63-43-39-61(40-44-63)83(59-27-9-7-10-28-59)73-35-17-13-31-67(73)68-32-14-18-36-74(68)83)77-51-57(5)65-48-50-72-78(52-58(6)66-47-49-71(77)79(65)80(66)72)86(82-55(3)25-22-26-56(82)4)64-45-41-62(42-46-64)84(60-29-11-8-12-30-60)75-37-19-15-33-69(75)70-34-16-20-38-76(70)84/h7-52H,1-6H3. The summed E-state index contributed by atoms with van der Waals surface area (Å²) in [5, 5.41) is 7.55. The summed E-state index contributed by atoms with van der Waals surface area (Å²) in [5.74, 6) is 0. The molecule has 0 N–H and O–H groups in total. The molecule has 410 valence electrons. The van der Waals surface area contributed by atoms with Crippen molar-refractivity contribution in [3.63, 3.8) is 0 Å². The van der Waals surface area contributed by atoms with Gasteiger partial charge in [0.25, 0.3) is 0 Å². The van der Waals surface area contributed by atoms with E-state index < -0.39 is 10.8 Å². The van der Waals surface area contributed by atoms with Crippen molar-refractivity contribution in [3.8, 4) is 22.3 Å². The van der Waals surface area contributed by atoms with Crippen molar-refractivity contribution in [2.24, 2.45) is 0 Å². The van der Waals surface area contributed by atoms with Crippen LogP contribution in [0.5, 0.6) is 0 Å². The molecular weight excluding hydrogens is 1040 g/mol. The van der Waals surface area contributed by atoms with Crippen LogP contribution in [0.25, 0.3) is 54.6 Å². The molecule has 2 heteroatoms. The topological polar surface area (TPSA) is 6.48 Å². The van der Waals surface area contributed by atoms with Gasteiger partial charge in [0.1, 0.15) is 0 Å². The van der Waals surface area contributed by atoms with Crippen molar-refractivity contribution < 1.29 is 0 Å². The van der Waals surface area contributed by atoms with E-state index in [4.69, 9.17) is 0 Å². The molecular formula is C84H64N2. The van der Waals surface area contributed by atoms with Gasteiger partial charge in [0.15, 0.2) is 0 Å². The van der Waals surface area contributed by atoms with Crippen LogP contribution in [0.15, 0.2) is 279 Å². The molecule has 2 aliphatic carbocycles. The first kappa shape index (κ1) is 51.4. The Morgan fingerprint density at radius 1 is 0.233 bits per heavy atom. The molecule has 0 heterocycles. The summed E-state index contributed by atoms with van der Waals surface area (Å²) in [4.78, 5) is 5.11. The molecule has 0 spiro atoms. The number of anilines is 6. The Bertz CT molecular complexity index is 4550. The minimum atomic E-state index is -0.499. The van der Waals surface area contributed by atoms with E-state index in [0.717, 1.165) is 22.7 Å². The first-order valence-electron chi connectivity index (χ1n) is 30.3. The molecule has 0 amide bonds.